The van der Waals surface area contributed by atoms with E-state index in [0.717, 1.165) is 25.8 Å². The highest BCUT2D eigenvalue weighted by atomic mass is 16.5. The van der Waals surface area contributed by atoms with Crippen molar-refractivity contribution >= 4 is 11.8 Å². The molecule has 3 rings (SSSR count). The van der Waals surface area contributed by atoms with Crippen LogP contribution >= 0.6 is 0 Å². The summed E-state index contributed by atoms with van der Waals surface area (Å²) >= 11 is 0. The maximum Gasteiger partial charge on any atom is 0.230 e. The molecule has 1 N–H and O–H groups in total. The summed E-state index contributed by atoms with van der Waals surface area (Å²) in [6.07, 6.45) is 3.04. The van der Waals surface area contributed by atoms with Crippen LogP contribution in [0, 0.1) is 5.41 Å². The number of hydrogen-bond donors (Lipinski definition) is 1. The van der Waals surface area contributed by atoms with Crippen molar-refractivity contribution < 1.29 is 19.1 Å². The molecular weight excluding hydrogens is 358 g/mol. The fraction of sp³-hybridized carbons (Fsp3) is 0.905. The number of nitrogens with zero attached hydrogens (tertiary/aromatic N) is 2. The van der Waals surface area contributed by atoms with Crippen molar-refractivity contribution in [2.45, 2.75) is 77.8 Å². The van der Waals surface area contributed by atoms with E-state index in [1.165, 1.54) is 0 Å². The first-order valence-corrected chi connectivity index (χ1v) is 11.0. The van der Waals surface area contributed by atoms with E-state index in [1.54, 1.807) is 0 Å². The number of amides is 2. The summed E-state index contributed by atoms with van der Waals surface area (Å²) in [5, 5.41) is 3.33. The second-order valence-electron chi connectivity index (χ2n) is 8.85. The van der Waals surface area contributed by atoms with Crippen LogP contribution in [-0.4, -0.2) is 85.3 Å². The number of carbonyl (C=O) groups excluding carboxylic acids is 2. The minimum absolute atomic E-state index is 0.0372. The van der Waals surface area contributed by atoms with Gasteiger partial charge < -0.3 is 24.6 Å². The van der Waals surface area contributed by atoms with Gasteiger partial charge in [0.05, 0.1) is 29.8 Å². The highest BCUT2D eigenvalue weighted by molar-refractivity contribution is 5.90. The van der Waals surface area contributed by atoms with E-state index in [4.69, 9.17) is 9.47 Å². The minimum Gasteiger partial charge on any atom is -0.372 e. The molecule has 3 aliphatic rings. The topological polar surface area (TPSA) is 71.1 Å². The third-order valence-corrected chi connectivity index (χ3v) is 6.39. The zero-order valence-corrected chi connectivity index (χ0v) is 17.9. The van der Waals surface area contributed by atoms with E-state index < -0.39 is 5.41 Å². The first-order valence-electron chi connectivity index (χ1n) is 11.0. The van der Waals surface area contributed by atoms with Gasteiger partial charge in [-0.15, -0.1) is 0 Å². The van der Waals surface area contributed by atoms with E-state index in [0.29, 0.717) is 32.7 Å². The van der Waals surface area contributed by atoms with Crippen LogP contribution in [0.5, 0.6) is 0 Å². The summed E-state index contributed by atoms with van der Waals surface area (Å²) in [4.78, 5) is 30.6. The van der Waals surface area contributed by atoms with Crippen molar-refractivity contribution in [3.05, 3.63) is 0 Å². The molecule has 0 radical (unpaired) electrons. The summed E-state index contributed by atoms with van der Waals surface area (Å²) in [5.41, 5.74) is -0.629. The predicted molar refractivity (Wildman–Crippen MR) is 107 cm³/mol. The van der Waals surface area contributed by atoms with Gasteiger partial charge in [-0.05, 0) is 39.7 Å². The highest BCUT2D eigenvalue weighted by Gasteiger charge is 2.47. The lowest BCUT2D eigenvalue weighted by Gasteiger charge is -2.42. The number of morpholine rings is 2. The lowest BCUT2D eigenvalue weighted by Crippen LogP contribution is -2.56. The van der Waals surface area contributed by atoms with Gasteiger partial charge in [0.2, 0.25) is 11.8 Å². The summed E-state index contributed by atoms with van der Waals surface area (Å²) in [5.74, 6) is 0.201. The Morgan fingerprint density at radius 1 is 0.964 bits per heavy atom. The van der Waals surface area contributed by atoms with E-state index >= 15 is 0 Å². The molecule has 3 fully saturated rings. The van der Waals surface area contributed by atoms with Gasteiger partial charge in [0.15, 0.2) is 0 Å². The van der Waals surface area contributed by atoms with Crippen molar-refractivity contribution in [1.82, 2.24) is 15.1 Å². The maximum absolute atomic E-state index is 13.6. The quantitative estimate of drug-likeness (QED) is 0.762. The average Bonchev–Trinajstić information content (AvgIpc) is 3.15. The Kier molecular flexibility index (Phi) is 6.99. The minimum atomic E-state index is -0.629. The second-order valence-corrected chi connectivity index (χ2v) is 8.85. The van der Waals surface area contributed by atoms with Crippen LogP contribution in [-0.2, 0) is 19.1 Å². The van der Waals surface area contributed by atoms with Gasteiger partial charge >= 0.3 is 0 Å². The molecule has 0 aromatic rings. The van der Waals surface area contributed by atoms with Crippen LogP contribution in [0.3, 0.4) is 0 Å². The fourth-order valence-electron chi connectivity index (χ4n) is 4.80. The van der Waals surface area contributed by atoms with E-state index in [9.17, 15) is 9.59 Å². The van der Waals surface area contributed by atoms with Crippen LogP contribution in [0.15, 0.2) is 0 Å². The summed E-state index contributed by atoms with van der Waals surface area (Å²) in [6, 6.07) is 0. The Labute approximate surface area is 169 Å². The molecule has 0 bridgehead atoms. The van der Waals surface area contributed by atoms with Crippen molar-refractivity contribution in [3.8, 4) is 0 Å². The molecule has 0 saturated carbocycles. The molecule has 3 heterocycles. The number of carbonyl (C=O) groups is 2. The molecule has 5 atom stereocenters. The molecule has 0 spiro atoms. The molecule has 7 nitrogen and oxygen atoms in total. The van der Waals surface area contributed by atoms with Crippen LogP contribution in [0.2, 0.25) is 0 Å². The first kappa shape index (κ1) is 21.5. The molecule has 0 aromatic heterocycles. The molecule has 7 heteroatoms. The molecule has 160 valence electrons. The Bertz CT molecular complexity index is 564. The standard InChI is InChI=1S/C21H37N3O4/c1-5-17-12-23(10-15(3)27-17)19(25)9-21(7-8-22-14-21)20(26)24-11-16(4)28-18(6-2)13-24/h15-18,22H,5-14H2,1-4H3. The maximum atomic E-state index is 13.6. The summed E-state index contributed by atoms with van der Waals surface area (Å²) < 4.78 is 11.8. The van der Waals surface area contributed by atoms with Gasteiger partial charge in [0.25, 0.3) is 0 Å². The highest BCUT2D eigenvalue weighted by Crippen LogP contribution is 2.34. The Hall–Kier alpha value is -1.18. The molecule has 28 heavy (non-hydrogen) atoms. The van der Waals surface area contributed by atoms with Gasteiger partial charge in [-0.25, -0.2) is 0 Å². The molecule has 2 amide bonds. The third kappa shape index (κ3) is 4.69. The lowest BCUT2D eigenvalue weighted by molar-refractivity contribution is -0.159. The fourth-order valence-corrected chi connectivity index (χ4v) is 4.80. The Morgan fingerprint density at radius 2 is 1.54 bits per heavy atom. The Balaban J connectivity index is 1.71. The normalized spacial score (nSPS) is 36.6. The van der Waals surface area contributed by atoms with Crippen LogP contribution in [0.4, 0.5) is 0 Å². The van der Waals surface area contributed by atoms with Crippen molar-refractivity contribution in [2.75, 3.05) is 39.3 Å². The Morgan fingerprint density at radius 3 is 2.07 bits per heavy atom. The molecule has 0 aliphatic carbocycles. The predicted octanol–water partition coefficient (Wildman–Crippen LogP) is 1.41. The van der Waals surface area contributed by atoms with Crippen LogP contribution in [0.1, 0.15) is 53.4 Å². The van der Waals surface area contributed by atoms with Gasteiger partial charge in [-0.1, -0.05) is 13.8 Å². The zero-order valence-electron chi connectivity index (χ0n) is 17.9. The van der Waals surface area contributed by atoms with Gasteiger partial charge in [-0.2, -0.15) is 0 Å². The third-order valence-electron chi connectivity index (χ3n) is 6.39. The average molecular weight is 396 g/mol. The number of ether oxygens (including phenoxy) is 2. The van der Waals surface area contributed by atoms with E-state index in [1.807, 2.05) is 23.6 Å². The zero-order chi connectivity index (χ0) is 20.3. The number of nitrogens with one attached hydrogen (secondary N) is 1. The molecular formula is C21H37N3O4. The van der Waals surface area contributed by atoms with Crippen LogP contribution in [0.25, 0.3) is 0 Å². The monoisotopic (exact) mass is 395 g/mol. The summed E-state index contributed by atoms with van der Waals surface area (Å²) in [6.45, 7) is 12.0. The van der Waals surface area contributed by atoms with Crippen LogP contribution < -0.4 is 5.32 Å². The summed E-state index contributed by atoms with van der Waals surface area (Å²) in [7, 11) is 0. The van der Waals surface area contributed by atoms with Gasteiger partial charge in [0, 0.05) is 39.1 Å². The largest absolute Gasteiger partial charge is 0.372 e. The van der Waals surface area contributed by atoms with E-state index in [-0.39, 0.29) is 42.7 Å². The first-order chi connectivity index (χ1) is 13.4. The van der Waals surface area contributed by atoms with Gasteiger partial charge in [0.1, 0.15) is 0 Å². The number of rotatable bonds is 5. The van der Waals surface area contributed by atoms with Crippen molar-refractivity contribution in [1.29, 1.82) is 0 Å². The molecule has 3 saturated heterocycles. The molecule has 3 aliphatic heterocycles. The lowest BCUT2D eigenvalue weighted by atomic mass is 9.81. The smallest absolute Gasteiger partial charge is 0.230 e. The van der Waals surface area contributed by atoms with Gasteiger partial charge in [-0.3, -0.25) is 9.59 Å². The number of hydrogen-bond acceptors (Lipinski definition) is 5. The SMILES string of the molecule is CCC1CN(C(=O)CC2(C(=O)N3CC(C)OC(CC)C3)CCNC2)CC(C)O1. The van der Waals surface area contributed by atoms with E-state index in [2.05, 4.69) is 19.2 Å². The van der Waals surface area contributed by atoms with Crippen molar-refractivity contribution in [2.24, 2.45) is 5.41 Å². The van der Waals surface area contributed by atoms with Crippen molar-refractivity contribution in [3.63, 3.8) is 0 Å². The second kappa shape index (κ2) is 9.09. The molecule has 0 aromatic carbocycles. The molecule has 5 unspecified atom stereocenters.